The lowest BCUT2D eigenvalue weighted by Crippen LogP contribution is -2.51. The lowest BCUT2D eigenvalue weighted by molar-refractivity contribution is -0.137. The fraction of sp³-hybridized carbons (Fsp3) is 0.923. The second kappa shape index (κ2) is 6.36. The normalized spacial score (nSPS) is 27.6. The predicted molar refractivity (Wildman–Crippen MR) is 71.0 cm³/mol. The molecule has 0 aromatic rings. The van der Waals surface area contributed by atoms with Gasteiger partial charge in [0, 0.05) is 25.7 Å². The van der Waals surface area contributed by atoms with Crippen molar-refractivity contribution in [1.29, 1.82) is 0 Å². The van der Waals surface area contributed by atoms with Crippen LogP contribution in [0.15, 0.2) is 0 Å². The zero-order valence-electron chi connectivity index (χ0n) is 11.9. The maximum atomic E-state index is 12.5. The first-order valence-corrected chi connectivity index (χ1v) is 6.62. The van der Waals surface area contributed by atoms with Gasteiger partial charge < -0.3 is 10.2 Å². The third kappa shape index (κ3) is 3.68. The Morgan fingerprint density at radius 3 is 2.65 bits per heavy atom. The Labute approximate surface area is 105 Å². The third-order valence-corrected chi connectivity index (χ3v) is 3.49. The number of nitrogens with zero attached hydrogens (tertiary/aromatic N) is 2. The van der Waals surface area contributed by atoms with E-state index >= 15 is 0 Å². The van der Waals surface area contributed by atoms with Gasteiger partial charge in [0.2, 0.25) is 5.91 Å². The van der Waals surface area contributed by atoms with E-state index in [1.807, 2.05) is 14.1 Å². The third-order valence-electron chi connectivity index (χ3n) is 3.49. The van der Waals surface area contributed by atoms with Crippen LogP contribution in [0.4, 0.5) is 0 Å². The first kappa shape index (κ1) is 14.5. The fourth-order valence-corrected chi connectivity index (χ4v) is 2.40. The van der Waals surface area contributed by atoms with Gasteiger partial charge in [-0.15, -0.1) is 0 Å². The maximum Gasteiger partial charge on any atom is 0.241 e. The molecule has 2 unspecified atom stereocenters. The number of likely N-dealkylation sites (N-methyl/N-ethyl adjacent to an activating group) is 2. The number of rotatable bonds is 4. The molecule has 1 aliphatic heterocycles. The SMILES string of the molecule is CNCC1C(=O)N(CC(C)C)C(C)CCN1C. The van der Waals surface area contributed by atoms with E-state index in [1.165, 1.54) is 0 Å². The number of carbonyl (C=O) groups is 1. The highest BCUT2D eigenvalue weighted by Gasteiger charge is 2.33. The summed E-state index contributed by atoms with van der Waals surface area (Å²) in [5.41, 5.74) is 0. The summed E-state index contributed by atoms with van der Waals surface area (Å²) >= 11 is 0. The van der Waals surface area contributed by atoms with Crippen molar-refractivity contribution in [3.05, 3.63) is 0 Å². The molecule has 1 heterocycles. The van der Waals surface area contributed by atoms with Crippen LogP contribution in [-0.2, 0) is 4.79 Å². The highest BCUT2D eigenvalue weighted by molar-refractivity contribution is 5.82. The summed E-state index contributed by atoms with van der Waals surface area (Å²) in [4.78, 5) is 16.8. The number of amides is 1. The minimum absolute atomic E-state index is 0.0105. The van der Waals surface area contributed by atoms with Crippen molar-refractivity contribution in [2.45, 2.75) is 39.3 Å². The van der Waals surface area contributed by atoms with Crippen molar-refractivity contribution in [2.24, 2.45) is 5.92 Å². The molecule has 17 heavy (non-hydrogen) atoms. The highest BCUT2D eigenvalue weighted by Crippen LogP contribution is 2.16. The molecule has 1 rings (SSSR count). The first-order chi connectivity index (χ1) is 7.97. The largest absolute Gasteiger partial charge is 0.338 e. The van der Waals surface area contributed by atoms with Crippen LogP contribution in [0.25, 0.3) is 0 Å². The molecule has 0 radical (unpaired) electrons. The van der Waals surface area contributed by atoms with Crippen LogP contribution in [0, 0.1) is 5.92 Å². The van der Waals surface area contributed by atoms with Crippen LogP contribution in [-0.4, -0.2) is 61.5 Å². The van der Waals surface area contributed by atoms with Crippen molar-refractivity contribution in [2.75, 3.05) is 33.7 Å². The van der Waals surface area contributed by atoms with Crippen LogP contribution < -0.4 is 5.32 Å². The van der Waals surface area contributed by atoms with E-state index in [0.717, 1.165) is 26.1 Å². The molecule has 4 heteroatoms. The Morgan fingerprint density at radius 2 is 2.12 bits per heavy atom. The number of hydrogen-bond acceptors (Lipinski definition) is 3. The molecule has 0 saturated carbocycles. The van der Waals surface area contributed by atoms with Gasteiger partial charge in [0.1, 0.15) is 6.04 Å². The van der Waals surface area contributed by atoms with Gasteiger partial charge in [-0.3, -0.25) is 9.69 Å². The van der Waals surface area contributed by atoms with Crippen molar-refractivity contribution in [3.63, 3.8) is 0 Å². The smallest absolute Gasteiger partial charge is 0.241 e. The van der Waals surface area contributed by atoms with Gasteiger partial charge >= 0.3 is 0 Å². The van der Waals surface area contributed by atoms with E-state index in [9.17, 15) is 4.79 Å². The van der Waals surface area contributed by atoms with Crippen LogP contribution >= 0.6 is 0 Å². The Balaban J connectivity index is 2.82. The van der Waals surface area contributed by atoms with Crippen molar-refractivity contribution >= 4 is 5.91 Å². The molecular weight excluding hydrogens is 214 g/mol. The van der Waals surface area contributed by atoms with Gasteiger partial charge in [0.25, 0.3) is 0 Å². The molecule has 1 fully saturated rings. The van der Waals surface area contributed by atoms with Crippen molar-refractivity contribution < 1.29 is 4.79 Å². The number of carbonyl (C=O) groups excluding carboxylic acids is 1. The number of nitrogens with one attached hydrogen (secondary N) is 1. The molecule has 0 spiro atoms. The van der Waals surface area contributed by atoms with Crippen LogP contribution in [0.2, 0.25) is 0 Å². The highest BCUT2D eigenvalue weighted by atomic mass is 16.2. The second-order valence-electron chi connectivity index (χ2n) is 5.58. The van der Waals surface area contributed by atoms with Crippen molar-refractivity contribution in [1.82, 2.24) is 15.1 Å². The molecule has 4 nitrogen and oxygen atoms in total. The second-order valence-corrected chi connectivity index (χ2v) is 5.58. The van der Waals surface area contributed by atoms with Gasteiger partial charge in [0.15, 0.2) is 0 Å². The molecule has 0 aliphatic carbocycles. The average Bonchev–Trinajstić information content (AvgIpc) is 2.35. The Bertz CT molecular complexity index is 255. The van der Waals surface area contributed by atoms with Gasteiger partial charge in [-0.2, -0.15) is 0 Å². The first-order valence-electron chi connectivity index (χ1n) is 6.62. The van der Waals surface area contributed by atoms with Gasteiger partial charge in [-0.25, -0.2) is 0 Å². The summed E-state index contributed by atoms with van der Waals surface area (Å²) in [5, 5.41) is 3.13. The molecule has 2 atom stereocenters. The van der Waals surface area contributed by atoms with E-state index in [2.05, 4.69) is 35.9 Å². The predicted octanol–water partition coefficient (Wildman–Crippen LogP) is 0.783. The molecule has 100 valence electrons. The van der Waals surface area contributed by atoms with Gasteiger partial charge in [-0.1, -0.05) is 13.8 Å². The van der Waals surface area contributed by atoms with Crippen LogP contribution in [0.1, 0.15) is 27.2 Å². The molecular formula is C13H27N3O. The lowest BCUT2D eigenvalue weighted by Gasteiger charge is -2.31. The van der Waals surface area contributed by atoms with Crippen molar-refractivity contribution in [3.8, 4) is 0 Å². The minimum atomic E-state index is -0.0105. The van der Waals surface area contributed by atoms with E-state index in [-0.39, 0.29) is 11.9 Å². The van der Waals surface area contributed by atoms with Gasteiger partial charge in [0.05, 0.1) is 0 Å². The van der Waals surface area contributed by atoms with E-state index in [1.54, 1.807) is 0 Å². The summed E-state index contributed by atoms with van der Waals surface area (Å²) in [7, 11) is 3.95. The fourth-order valence-electron chi connectivity index (χ4n) is 2.40. The molecule has 1 aliphatic rings. The topological polar surface area (TPSA) is 35.6 Å². The molecule has 1 N–H and O–H groups in total. The Hall–Kier alpha value is -0.610. The monoisotopic (exact) mass is 241 g/mol. The zero-order valence-corrected chi connectivity index (χ0v) is 11.9. The lowest BCUT2D eigenvalue weighted by atomic mass is 10.1. The average molecular weight is 241 g/mol. The van der Waals surface area contributed by atoms with E-state index in [0.29, 0.717) is 12.0 Å². The quantitative estimate of drug-likeness (QED) is 0.790. The molecule has 1 saturated heterocycles. The maximum absolute atomic E-state index is 12.5. The summed E-state index contributed by atoms with van der Waals surface area (Å²) in [6, 6.07) is 0.345. The summed E-state index contributed by atoms with van der Waals surface area (Å²) in [6.45, 7) is 9.10. The molecule has 0 aromatic heterocycles. The Morgan fingerprint density at radius 1 is 1.47 bits per heavy atom. The summed E-state index contributed by atoms with van der Waals surface area (Å²) < 4.78 is 0. The molecule has 0 bridgehead atoms. The zero-order chi connectivity index (χ0) is 13.0. The van der Waals surface area contributed by atoms with Crippen LogP contribution in [0.3, 0.4) is 0 Å². The summed E-state index contributed by atoms with van der Waals surface area (Å²) in [6.07, 6.45) is 1.06. The molecule has 0 aromatic carbocycles. The van der Waals surface area contributed by atoms with Crippen LogP contribution in [0.5, 0.6) is 0 Å². The molecule has 1 amide bonds. The van der Waals surface area contributed by atoms with E-state index in [4.69, 9.17) is 0 Å². The number of hydrogen-bond donors (Lipinski definition) is 1. The Kier molecular flexibility index (Phi) is 5.40. The summed E-state index contributed by atoms with van der Waals surface area (Å²) in [5.74, 6) is 0.806. The minimum Gasteiger partial charge on any atom is -0.338 e. The van der Waals surface area contributed by atoms with Gasteiger partial charge in [-0.05, 0) is 33.4 Å². The standard InChI is InChI=1S/C13H27N3O/c1-10(2)9-16-11(3)6-7-15(5)12(8-14-4)13(16)17/h10-12,14H,6-9H2,1-5H3. The van der Waals surface area contributed by atoms with E-state index < -0.39 is 0 Å².